The van der Waals surface area contributed by atoms with Crippen LogP contribution in [-0.4, -0.2) is 36.6 Å². The zero-order valence-electron chi connectivity index (χ0n) is 10.0. The molecule has 2 rings (SSSR count). The largest absolute Gasteiger partial charge is 0.374 e. The number of carbonyl (C=O) groups is 1. The molecule has 4 nitrogen and oxygen atoms in total. The van der Waals surface area contributed by atoms with Crippen LogP contribution < -0.4 is 5.73 Å². The Hall–Kier alpha value is -1.39. The minimum Gasteiger partial charge on any atom is -0.374 e. The van der Waals surface area contributed by atoms with Gasteiger partial charge in [0.1, 0.15) is 0 Å². The molecule has 1 aliphatic rings. The van der Waals surface area contributed by atoms with Crippen LogP contribution in [0.5, 0.6) is 0 Å². The SMILES string of the molecule is C[C@H]1CN(C(=O)CN)[C@H](c2ccccc2)CO1. The summed E-state index contributed by atoms with van der Waals surface area (Å²) in [5.41, 5.74) is 6.55. The fraction of sp³-hybridized carbons (Fsp3) is 0.462. The summed E-state index contributed by atoms with van der Waals surface area (Å²) >= 11 is 0. The summed E-state index contributed by atoms with van der Waals surface area (Å²) in [6, 6.07) is 9.92. The summed E-state index contributed by atoms with van der Waals surface area (Å²) in [5.74, 6) is -0.0194. The number of benzene rings is 1. The Morgan fingerprint density at radius 2 is 2.18 bits per heavy atom. The standard InChI is InChI=1S/C13H18N2O2/c1-10-8-15(13(16)7-14)12(9-17-10)11-5-3-2-4-6-11/h2-6,10,12H,7-9,14H2,1H3/t10-,12-/m0/s1. The van der Waals surface area contributed by atoms with Crippen molar-refractivity contribution < 1.29 is 9.53 Å². The molecule has 0 unspecified atom stereocenters. The number of hydrogen-bond acceptors (Lipinski definition) is 3. The van der Waals surface area contributed by atoms with Crippen LogP contribution in [0, 0.1) is 0 Å². The number of nitrogens with zero attached hydrogens (tertiary/aromatic N) is 1. The number of morpholine rings is 1. The molecule has 0 saturated carbocycles. The van der Waals surface area contributed by atoms with Crippen molar-refractivity contribution in [2.24, 2.45) is 5.73 Å². The third kappa shape index (κ3) is 2.65. The molecule has 4 heteroatoms. The van der Waals surface area contributed by atoms with Gasteiger partial charge in [0.2, 0.25) is 5.91 Å². The molecule has 17 heavy (non-hydrogen) atoms. The van der Waals surface area contributed by atoms with Gasteiger partial charge < -0.3 is 15.4 Å². The van der Waals surface area contributed by atoms with Gasteiger partial charge in [-0.05, 0) is 12.5 Å². The fourth-order valence-corrected chi connectivity index (χ4v) is 2.15. The lowest BCUT2D eigenvalue weighted by molar-refractivity contribution is -0.143. The van der Waals surface area contributed by atoms with Gasteiger partial charge in [0.25, 0.3) is 0 Å². The highest BCUT2D eigenvalue weighted by molar-refractivity contribution is 5.78. The quantitative estimate of drug-likeness (QED) is 0.828. The number of nitrogens with two attached hydrogens (primary N) is 1. The van der Waals surface area contributed by atoms with E-state index in [2.05, 4.69) is 0 Å². The topological polar surface area (TPSA) is 55.6 Å². The third-order valence-corrected chi connectivity index (χ3v) is 3.05. The van der Waals surface area contributed by atoms with Gasteiger partial charge in [0, 0.05) is 6.54 Å². The van der Waals surface area contributed by atoms with Crippen LogP contribution in [0.1, 0.15) is 18.5 Å². The Kier molecular flexibility index (Phi) is 3.76. The summed E-state index contributed by atoms with van der Waals surface area (Å²) in [7, 11) is 0. The molecule has 0 bridgehead atoms. The van der Waals surface area contributed by atoms with E-state index in [9.17, 15) is 4.79 Å². The molecule has 0 aliphatic carbocycles. The third-order valence-electron chi connectivity index (χ3n) is 3.05. The molecule has 2 N–H and O–H groups in total. The molecular formula is C13H18N2O2. The number of amides is 1. The fourth-order valence-electron chi connectivity index (χ4n) is 2.15. The summed E-state index contributed by atoms with van der Waals surface area (Å²) in [5, 5.41) is 0. The van der Waals surface area contributed by atoms with Crippen molar-refractivity contribution in [3.8, 4) is 0 Å². The summed E-state index contributed by atoms with van der Waals surface area (Å²) in [4.78, 5) is 13.7. The van der Waals surface area contributed by atoms with Crippen molar-refractivity contribution in [3.63, 3.8) is 0 Å². The molecule has 1 fully saturated rings. The summed E-state index contributed by atoms with van der Waals surface area (Å²) in [6.45, 7) is 3.17. The Labute approximate surface area is 101 Å². The maximum Gasteiger partial charge on any atom is 0.236 e. The van der Waals surface area contributed by atoms with E-state index in [4.69, 9.17) is 10.5 Å². The molecule has 0 radical (unpaired) electrons. The number of hydrogen-bond donors (Lipinski definition) is 1. The summed E-state index contributed by atoms with van der Waals surface area (Å²) < 4.78 is 5.64. The van der Waals surface area contributed by atoms with E-state index in [0.29, 0.717) is 13.2 Å². The van der Waals surface area contributed by atoms with Crippen molar-refractivity contribution in [1.82, 2.24) is 4.90 Å². The van der Waals surface area contributed by atoms with Crippen LogP contribution in [0.2, 0.25) is 0 Å². The Morgan fingerprint density at radius 3 is 2.82 bits per heavy atom. The first kappa shape index (κ1) is 12.1. The maximum absolute atomic E-state index is 11.8. The highest BCUT2D eigenvalue weighted by Gasteiger charge is 2.30. The van der Waals surface area contributed by atoms with Crippen LogP contribution in [0.25, 0.3) is 0 Å². The van der Waals surface area contributed by atoms with Crippen LogP contribution in [-0.2, 0) is 9.53 Å². The van der Waals surface area contributed by atoms with Crippen molar-refractivity contribution >= 4 is 5.91 Å². The van der Waals surface area contributed by atoms with Gasteiger partial charge in [-0.3, -0.25) is 4.79 Å². The van der Waals surface area contributed by atoms with Crippen LogP contribution in [0.15, 0.2) is 30.3 Å². The van der Waals surface area contributed by atoms with Crippen molar-refractivity contribution in [3.05, 3.63) is 35.9 Å². The molecule has 1 aromatic carbocycles. The first-order valence-electron chi connectivity index (χ1n) is 5.88. The average molecular weight is 234 g/mol. The number of rotatable bonds is 2. The first-order valence-corrected chi connectivity index (χ1v) is 5.88. The zero-order valence-corrected chi connectivity index (χ0v) is 10.0. The zero-order chi connectivity index (χ0) is 12.3. The van der Waals surface area contributed by atoms with Gasteiger partial charge in [0.05, 0.1) is 25.3 Å². The van der Waals surface area contributed by atoms with Gasteiger partial charge in [-0.25, -0.2) is 0 Å². The number of carbonyl (C=O) groups excluding carboxylic acids is 1. The molecule has 1 aliphatic heterocycles. The maximum atomic E-state index is 11.8. The molecule has 0 spiro atoms. The Morgan fingerprint density at radius 1 is 1.47 bits per heavy atom. The van der Waals surface area contributed by atoms with E-state index in [1.54, 1.807) is 0 Å². The molecule has 92 valence electrons. The second-order valence-corrected chi connectivity index (χ2v) is 4.32. The predicted octanol–water partition coefficient (Wildman–Crippen LogP) is 0.934. The van der Waals surface area contributed by atoms with Gasteiger partial charge in [-0.15, -0.1) is 0 Å². The molecule has 0 aromatic heterocycles. The van der Waals surface area contributed by atoms with E-state index in [-0.39, 0.29) is 24.6 Å². The van der Waals surface area contributed by atoms with Crippen molar-refractivity contribution in [1.29, 1.82) is 0 Å². The predicted molar refractivity (Wildman–Crippen MR) is 65.4 cm³/mol. The normalized spacial score (nSPS) is 24.7. The highest BCUT2D eigenvalue weighted by Crippen LogP contribution is 2.25. The minimum absolute atomic E-state index is 0.0107. The van der Waals surface area contributed by atoms with Crippen molar-refractivity contribution in [2.75, 3.05) is 19.7 Å². The molecule has 1 aromatic rings. The molecule has 1 heterocycles. The second kappa shape index (κ2) is 5.29. The first-order chi connectivity index (χ1) is 8.22. The lowest BCUT2D eigenvalue weighted by atomic mass is 10.0. The van der Waals surface area contributed by atoms with E-state index in [1.807, 2.05) is 42.2 Å². The van der Waals surface area contributed by atoms with Crippen LogP contribution >= 0.6 is 0 Å². The smallest absolute Gasteiger partial charge is 0.236 e. The van der Waals surface area contributed by atoms with E-state index in [0.717, 1.165) is 5.56 Å². The molecule has 1 saturated heterocycles. The van der Waals surface area contributed by atoms with E-state index in [1.165, 1.54) is 0 Å². The van der Waals surface area contributed by atoms with Gasteiger partial charge >= 0.3 is 0 Å². The van der Waals surface area contributed by atoms with Crippen LogP contribution in [0.4, 0.5) is 0 Å². The Balaban J connectivity index is 2.22. The van der Waals surface area contributed by atoms with E-state index < -0.39 is 0 Å². The van der Waals surface area contributed by atoms with E-state index >= 15 is 0 Å². The lowest BCUT2D eigenvalue weighted by Crippen LogP contribution is -2.48. The molecule has 1 amide bonds. The number of ether oxygens (including phenoxy) is 1. The van der Waals surface area contributed by atoms with Gasteiger partial charge in [-0.1, -0.05) is 30.3 Å². The molecule has 2 atom stereocenters. The van der Waals surface area contributed by atoms with Crippen molar-refractivity contribution in [2.45, 2.75) is 19.1 Å². The second-order valence-electron chi connectivity index (χ2n) is 4.32. The van der Waals surface area contributed by atoms with Gasteiger partial charge in [-0.2, -0.15) is 0 Å². The monoisotopic (exact) mass is 234 g/mol. The van der Waals surface area contributed by atoms with Crippen LogP contribution in [0.3, 0.4) is 0 Å². The average Bonchev–Trinajstić information content (AvgIpc) is 2.38. The lowest BCUT2D eigenvalue weighted by Gasteiger charge is -2.38. The Bertz CT molecular complexity index is 380. The van der Waals surface area contributed by atoms with Gasteiger partial charge in [0.15, 0.2) is 0 Å². The molecular weight excluding hydrogens is 216 g/mol. The highest BCUT2D eigenvalue weighted by atomic mass is 16.5. The summed E-state index contributed by atoms with van der Waals surface area (Å²) in [6.07, 6.45) is 0.0745. The minimum atomic E-state index is -0.0194.